The van der Waals surface area contributed by atoms with Crippen molar-refractivity contribution in [1.82, 2.24) is 0 Å². The monoisotopic (exact) mass is 500 g/mol. The molecule has 0 spiro atoms. The van der Waals surface area contributed by atoms with Crippen LogP contribution in [-0.4, -0.2) is 30.5 Å². The summed E-state index contributed by atoms with van der Waals surface area (Å²) in [4.78, 5) is 12.9. The first-order valence-corrected chi connectivity index (χ1v) is 13.1. The van der Waals surface area contributed by atoms with E-state index in [-0.39, 0.29) is 36.7 Å². The average molecular weight is 501 g/mol. The third kappa shape index (κ3) is 6.79. The number of carbonyl (C=O) groups is 1. The Hall–Kier alpha value is -2.99. The fraction of sp³-hybridized carbons (Fsp3) is 0.296. The van der Waals surface area contributed by atoms with Crippen LogP contribution < -0.4 is 4.74 Å². The Kier molecular flexibility index (Phi) is 8.84. The molecule has 0 saturated carbocycles. The number of phenolic OH excluding ortho intramolecular Hbond substituents is 1. The van der Waals surface area contributed by atoms with Gasteiger partial charge in [0.05, 0.1) is 18.8 Å². The second kappa shape index (κ2) is 11.6. The number of aromatic hydroxyl groups is 1. The van der Waals surface area contributed by atoms with Gasteiger partial charge in [-0.15, -0.1) is 0 Å². The molecular weight excluding hydrogens is 470 g/mol. The highest BCUT2D eigenvalue weighted by Crippen LogP contribution is 2.48. The largest absolute Gasteiger partial charge is 0.507 e. The highest BCUT2D eigenvalue weighted by Gasteiger charge is 2.25. The van der Waals surface area contributed by atoms with Gasteiger partial charge in [-0.1, -0.05) is 6.07 Å². The summed E-state index contributed by atoms with van der Waals surface area (Å²) in [5, 5.41) is 10.3. The average Bonchev–Trinajstić information content (AvgIpc) is 2.81. The summed E-state index contributed by atoms with van der Waals surface area (Å²) in [6.45, 7) is 7.91. The number of benzene rings is 3. The van der Waals surface area contributed by atoms with Crippen LogP contribution in [0.15, 0.2) is 54.6 Å². The molecule has 6 nitrogen and oxygen atoms in total. The van der Waals surface area contributed by atoms with Crippen LogP contribution in [-0.2, 0) is 20.0 Å². The van der Waals surface area contributed by atoms with Crippen LogP contribution in [0.2, 0.25) is 0 Å². The van der Waals surface area contributed by atoms with Gasteiger partial charge in [0.25, 0.3) is 0 Å². The first-order valence-electron chi connectivity index (χ1n) is 11.4. The number of hydrogen-bond donors (Lipinski definition) is 1. The Bertz CT molecular complexity index is 1210. The van der Waals surface area contributed by atoms with Gasteiger partial charge in [-0.2, -0.15) is 0 Å². The van der Waals surface area contributed by atoms with Crippen molar-refractivity contribution in [1.29, 1.82) is 0 Å². The smallest absolute Gasteiger partial charge is 0.367 e. The van der Waals surface area contributed by atoms with E-state index in [2.05, 4.69) is 0 Å². The predicted molar refractivity (Wildman–Crippen MR) is 133 cm³/mol. The summed E-state index contributed by atoms with van der Waals surface area (Å²) < 4.78 is 42.2. The number of carbonyl (C=O) groups excluding carboxylic acids is 1. The lowest BCUT2D eigenvalue weighted by Crippen LogP contribution is -2.07. The highest BCUT2D eigenvalue weighted by atomic mass is 31.2. The van der Waals surface area contributed by atoms with Crippen molar-refractivity contribution >= 4 is 13.4 Å². The van der Waals surface area contributed by atoms with Crippen LogP contribution in [0.4, 0.5) is 4.39 Å². The summed E-state index contributed by atoms with van der Waals surface area (Å²) in [6.07, 6.45) is 0.345. The van der Waals surface area contributed by atoms with E-state index >= 15 is 0 Å². The molecule has 0 atom stereocenters. The minimum Gasteiger partial charge on any atom is -0.507 e. The maximum absolute atomic E-state index is 13.2. The molecule has 8 heteroatoms. The molecule has 3 aromatic carbocycles. The summed E-state index contributed by atoms with van der Waals surface area (Å²) in [5.74, 6) is -0.388. The molecule has 0 amide bonds. The minimum absolute atomic E-state index is 0.131. The standard InChI is InChI=1S/C27H30FO6P/c1-5-33-35(31,34-6-2)17-32-23-13-18(3)24(19(4)14-23)15-20-7-12-26(29)25(16-20)27(30)21-8-10-22(28)11-9-21/h7-14,16,29H,5-6,15,17H2,1-4H3. The Morgan fingerprint density at radius 2 is 1.54 bits per heavy atom. The Balaban J connectivity index is 1.80. The van der Waals surface area contributed by atoms with E-state index in [9.17, 15) is 18.9 Å². The molecule has 0 fully saturated rings. The van der Waals surface area contributed by atoms with Crippen molar-refractivity contribution in [2.45, 2.75) is 34.1 Å². The molecule has 3 rings (SSSR count). The number of rotatable bonds is 11. The first kappa shape index (κ1) is 26.6. The number of ketones is 1. The molecule has 0 bridgehead atoms. The van der Waals surface area contributed by atoms with Gasteiger partial charge in [-0.25, -0.2) is 4.39 Å². The molecule has 0 aliphatic heterocycles. The molecule has 0 aliphatic rings. The van der Waals surface area contributed by atoms with Crippen molar-refractivity contribution in [3.05, 3.63) is 93.8 Å². The highest BCUT2D eigenvalue weighted by molar-refractivity contribution is 7.53. The number of aryl methyl sites for hydroxylation is 2. The van der Waals surface area contributed by atoms with Crippen molar-refractivity contribution in [2.24, 2.45) is 0 Å². The summed E-state index contributed by atoms with van der Waals surface area (Å²) >= 11 is 0. The fourth-order valence-electron chi connectivity index (χ4n) is 3.81. The number of halogens is 1. The maximum atomic E-state index is 13.2. The third-order valence-corrected chi connectivity index (χ3v) is 7.25. The van der Waals surface area contributed by atoms with Crippen LogP contribution in [0, 0.1) is 19.7 Å². The van der Waals surface area contributed by atoms with E-state index < -0.39 is 13.4 Å². The lowest BCUT2D eigenvalue weighted by molar-refractivity contribution is 0.103. The van der Waals surface area contributed by atoms with Gasteiger partial charge in [-0.3, -0.25) is 9.36 Å². The predicted octanol–water partition coefficient (Wildman–Crippen LogP) is 6.57. The molecule has 0 heterocycles. The lowest BCUT2D eigenvalue weighted by atomic mass is 9.93. The molecule has 0 aromatic heterocycles. The van der Waals surface area contributed by atoms with Gasteiger partial charge in [0, 0.05) is 5.56 Å². The van der Waals surface area contributed by atoms with E-state index in [0.29, 0.717) is 17.7 Å². The molecule has 3 aromatic rings. The third-order valence-electron chi connectivity index (χ3n) is 5.50. The van der Waals surface area contributed by atoms with Crippen LogP contribution in [0.5, 0.6) is 11.5 Å². The molecule has 1 N–H and O–H groups in total. The minimum atomic E-state index is -3.33. The summed E-state index contributed by atoms with van der Waals surface area (Å²) in [7, 11) is -3.33. The van der Waals surface area contributed by atoms with Crippen molar-refractivity contribution in [3.8, 4) is 11.5 Å². The number of phenols is 1. The van der Waals surface area contributed by atoms with Crippen molar-refractivity contribution < 1.29 is 32.6 Å². The van der Waals surface area contributed by atoms with Gasteiger partial charge >= 0.3 is 7.60 Å². The second-order valence-corrected chi connectivity index (χ2v) is 10.1. The zero-order valence-electron chi connectivity index (χ0n) is 20.3. The van der Waals surface area contributed by atoms with Crippen LogP contribution in [0.25, 0.3) is 0 Å². The van der Waals surface area contributed by atoms with Gasteiger partial charge in [0.15, 0.2) is 12.1 Å². The van der Waals surface area contributed by atoms with Crippen LogP contribution in [0.3, 0.4) is 0 Å². The molecule has 0 unspecified atom stereocenters. The molecule has 0 aliphatic carbocycles. The van der Waals surface area contributed by atoms with Crippen LogP contribution >= 0.6 is 7.60 Å². The summed E-state index contributed by atoms with van der Waals surface area (Å²) in [5.41, 5.74) is 4.26. The molecule has 0 radical (unpaired) electrons. The normalized spacial score (nSPS) is 11.5. The molecular formula is C27H30FO6P. The SMILES string of the molecule is CCOP(=O)(COc1cc(C)c(Cc2ccc(O)c(C(=O)c3ccc(F)cc3)c2)c(C)c1)OCC. The van der Waals surface area contributed by atoms with E-state index in [1.165, 1.54) is 30.3 Å². The van der Waals surface area contributed by atoms with Gasteiger partial charge in [-0.05, 0) is 105 Å². The Labute approximate surface area is 205 Å². The number of ether oxygens (including phenoxy) is 1. The molecule has 35 heavy (non-hydrogen) atoms. The van der Waals surface area contributed by atoms with Crippen LogP contribution in [0.1, 0.15) is 52.0 Å². The van der Waals surface area contributed by atoms with Crippen molar-refractivity contribution in [3.63, 3.8) is 0 Å². The summed E-state index contributed by atoms with van der Waals surface area (Å²) in [6, 6.07) is 13.8. The second-order valence-electron chi connectivity index (χ2n) is 8.12. The van der Waals surface area contributed by atoms with Gasteiger partial charge in [0.1, 0.15) is 17.3 Å². The fourth-order valence-corrected chi connectivity index (χ4v) is 5.13. The van der Waals surface area contributed by atoms with E-state index in [0.717, 1.165) is 22.3 Å². The van der Waals surface area contributed by atoms with E-state index in [4.69, 9.17) is 13.8 Å². The Morgan fingerprint density at radius 1 is 0.943 bits per heavy atom. The zero-order chi connectivity index (χ0) is 25.6. The van der Waals surface area contributed by atoms with Gasteiger partial charge in [0.2, 0.25) is 0 Å². The lowest BCUT2D eigenvalue weighted by Gasteiger charge is -2.19. The van der Waals surface area contributed by atoms with Gasteiger partial charge < -0.3 is 18.9 Å². The number of hydrogen-bond acceptors (Lipinski definition) is 6. The first-order chi connectivity index (χ1) is 16.7. The quantitative estimate of drug-likeness (QED) is 0.237. The topological polar surface area (TPSA) is 82.1 Å². The Morgan fingerprint density at radius 3 is 2.11 bits per heavy atom. The zero-order valence-corrected chi connectivity index (χ0v) is 21.2. The van der Waals surface area contributed by atoms with E-state index in [1.54, 1.807) is 26.0 Å². The molecule has 0 saturated heterocycles. The van der Waals surface area contributed by atoms with Crippen molar-refractivity contribution in [2.75, 3.05) is 19.6 Å². The maximum Gasteiger partial charge on any atom is 0.367 e. The van der Waals surface area contributed by atoms with E-state index in [1.807, 2.05) is 26.0 Å². The molecule has 186 valence electrons.